The Morgan fingerprint density at radius 3 is 2.15 bits per heavy atom. The number of rotatable bonds is 3. The molecule has 1 aliphatic rings. The van der Waals surface area contributed by atoms with Gasteiger partial charge in [-0.15, -0.1) is 0 Å². The van der Waals surface area contributed by atoms with E-state index < -0.39 is 0 Å². The van der Waals surface area contributed by atoms with Crippen molar-refractivity contribution >= 4 is 0 Å². The summed E-state index contributed by atoms with van der Waals surface area (Å²) in [6.45, 7) is 5.80. The molecule has 0 amide bonds. The van der Waals surface area contributed by atoms with Crippen LogP contribution in [0.4, 0.5) is 0 Å². The number of methoxy groups -OCH3 is 1. The number of hydrogen-bond donors (Lipinski definition) is 0. The van der Waals surface area contributed by atoms with Gasteiger partial charge in [0.2, 0.25) is 0 Å². The molecule has 0 aromatic carbocycles. The van der Waals surface area contributed by atoms with Gasteiger partial charge in [-0.3, -0.25) is 0 Å². The molecule has 1 rings (SSSR count). The van der Waals surface area contributed by atoms with Crippen molar-refractivity contribution in [3.8, 4) is 0 Å². The molecule has 0 N–H and O–H groups in total. The molecule has 1 saturated heterocycles. The van der Waals surface area contributed by atoms with Gasteiger partial charge in [0.05, 0.1) is 6.10 Å². The molecule has 0 aliphatic carbocycles. The van der Waals surface area contributed by atoms with Crippen molar-refractivity contribution < 1.29 is 4.74 Å². The van der Waals surface area contributed by atoms with Gasteiger partial charge >= 0.3 is 0 Å². The Hall–Kier alpha value is -0.0800. The minimum atomic E-state index is 0.388. The molecule has 1 fully saturated rings. The van der Waals surface area contributed by atoms with Crippen molar-refractivity contribution in [3.05, 3.63) is 0 Å². The van der Waals surface area contributed by atoms with Crippen molar-refractivity contribution in [2.24, 2.45) is 0 Å². The van der Waals surface area contributed by atoms with Crippen molar-refractivity contribution in [2.75, 3.05) is 26.7 Å². The molecule has 0 bridgehead atoms. The molecular weight excluding hydrogens is 162 g/mol. The summed E-state index contributed by atoms with van der Waals surface area (Å²) in [7, 11) is 1.80. The zero-order chi connectivity index (χ0) is 9.52. The Balaban J connectivity index is 2.21. The third kappa shape index (κ3) is 4.63. The maximum atomic E-state index is 5.28. The summed E-state index contributed by atoms with van der Waals surface area (Å²) in [5.74, 6) is 0. The molecule has 0 saturated carbocycles. The molecule has 0 aromatic rings. The topological polar surface area (TPSA) is 12.5 Å². The fourth-order valence-corrected chi connectivity index (χ4v) is 1.93. The van der Waals surface area contributed by atoms with E-state index in [9.17, 15) is 0 Å². The van der Waals surface area contributed by atoms with Crippen LogP contribution in [-0.2, 0) is 4.74 Å². The van der Waals surface area contributed by atoms with Gasteiger partial charge in [-0.1, -0.05) is 19.3 Å². The molecule has 2 nitrogen and oxygen atoms in total. The first-order chi connectivity index (χ1) is 6.33. The second kappa shape index (κ2) is 6.39. The average molecular weight is 185 g/mol. The van der Waals surface area contributed by atoms with Crippen molar-refractivity contribution in [1.82, 2.24) is 4.90 Å². The Kier molecular flexibility index (Phi) is 5.40. The molecular formula is C11H23NO. The molecule has 0 aromatic heterocycles. The van der Waals surface area contributed by atoms with E-state index >= 15 is 0 Å². The van der Waals surface area contributed by atoms with E-state index in [0.717, 1.165) is 6.54 Å². The zero-order valence-corrected chi connectivity index (χ0v) is 9.09. The first-order valence-electron chi connectivity index (χ1n) is 5.58. The van der Waals surface area contributed by atoms with Gasteiger partial charge in [-0.25, -0.2) is 0 Å². The normalized spacial score (nSPS) is 23.5. The molecule has 78 valence electrons. The highest BCUT2D eigenvalue weighted by atomic mass is 16.5. The van der Waals surface area contributed by atoms with E-state index in [1.165, 1.54) is 45.2 Å². The number of ether oxygens (including phenoxy) is 1. The lowest BCUT2D eigenvalue weighted by Crippen LogP contribution is -2.34. The highest BCUT2D eigenvalue weighted by molar-refractivity contribution is 4.65. The van der Waals surface area contributed by atoms with Crippen LogP contribution in [0.3, 0.4) is 0 Å². The van der Waals surface area contributed by atoms with E-state index in [2.05, 4.69) is 11.8 Å². The monoisotopic (exact) mass is 185 g/mol. The molecule has 1 atom stereocenters. The first kappa shape index (κ1) is 11.0. The SMILES string of the molecule is COC(C)CN1CCCCCCC1. The second-order valence-corrected chi connectivity index (χ2v) is 4.11. The van der Waals surface area contributed by atoms with Crippen LogP contribution in [0.25, 0.3) is 0 Å². The first-order valence-corrected chi connectivity index (χ1v) is 5.58. The van der Waals surface area contributed by atoms with Crippen molar-refractivity contribution in [1.29, 1.82) is 0 Å². The van der Waals surface area contributed by atoms with Crippen LogP contribution in [0, 0.1) is 0 Å². The van der Waals surface area contributed by atoms with E-state index in [-0.39, 0.29) is 0 Å². The standard InChI is InChI=1S/C11H23NO/c1-11(13-2)10-12-8-6-4-3-5-7-9-12/h11H,3-10H2,1-2H3. The van der Waals surface area contributed by atoms with E-state index in [1.807, 2.05) is 0 Å². The van der Waals surface area contributed by atoms with Crippen molar-refractivity contribution in [3.63, 3.8) is 0 Å². The summed E-state index contributed by atoms with van der Waals surface area (Å²) in [5, 5.41) is 0. The zero-order valence-electron chi connectivity index (χ0n) is 9.09. The van der Waals surface area contributed by atoms with Gasteiger partial charge in [0, 0.05) is 13.7 Å². The third-order valence-corrected chi connectivity index (χ3v) is 2.87. The molecule has 1 heterocycles. The van der Waals surface area contributed by atoms with Crippen LogP contribution in [0.2, 0.25) is 0 Å². The Morgan fingerprint density at radius 1 is 1.08 bits per heavy atom. The molecule has 0 radical (unpaired) electrons. The molecule has 1 aliphatic heterocycles. The summed E-state index contributed by atoms with van der Waals surface area (Å²) < 4.78 is 5.28. The van der Waals surface area contributed by atoms with Crippen LogP contribution in [-0.4, -0.2) is 37.7 Å². The van der Waals surface area contributed by atoms with Gasteiger partial charge in [0.25, 0.3) is 0 Å². The van der Waals surface area contributed by atoms with Gasteiger partial charge < -0.3 is 9.64 Å². The summed E-state index contributed by atoms with van der Waals surface area (Å²) in [4.78, 5) is 2.55. The van der Waals surface area contributed by atoms with Gasteiger partial charge in [0.1, 0.15) is 0 Å². The van der Waals surface area contributed by atoms with Crippen LogP contribution in [0.15, 0.2) is 0 Å². The fourth-order valence-electron chi connectivity index (χ4n) is 1.93. The Bertz CT molecular complexity index is 119. The Morgan fingerprint density at radius 2 is 1.62 bits per heavy atom. The average Bonchev–Trinajstić information content (AvgIpc) is 2.09. The van der Waals surface area contributed by atoms with Gasteiger partial charge in [-0.05, 0) is 32.9 Å². The Labute approximate surface area is 82.3 Å². The van der Waals surface area contributed by atoms with Crippen LogP contribution >= 0.6 is 0 Å². The van der Waals surface area contributed by atoms with E-state index in [0.29, 0.717) is 6.10 Å². The third-order valence-electron chi connectivity index (χ3n) is 2.87. The predicted molar refractivity (Wildman–Crippen MR) is 56.0 cm³/mol. The summed E-state index contributed by atoms with van der Waals surface area (Å²) in [5.41, 5.74) is 0. The van der Waals surface area contributed by atoms with Crippen LogP contribution < -0.4 is 0 Å². The van der Waals surface area contributed by atoms with Crippen molar-refractivity contribution in [2.45, 2.75) is 45.1 Å². The predicted octanol–water partition coefficient (Wildman–Crippen LogP) is 2.29. The summed E-state index contributed by atoms with van der Waals surface area (Å²) >= 11 is 0. The maximum absolute atomic E-state index is 5.28. The second-order valence-electron chi connectivity index (χ2n) is 4.11. The van der Waals surface area contributed by atoms with E-state index in [4.69, 9.17) is 4.74 Å². The number of nitrogens with zero attached hydrogens (tertiary/aromatic N) is 1. The highest BCUT2D eigenvalue weighted by Crippen LogP contribution is 2.10. The summed E-state index contributed by atoms with van der Waals surface area (Å²) in [6.07, 6.45) is 7.40. The molecule has 1 unspecified atom stereocenters. The lowest BCUT2D eigenvalue weighted by Gasteiger charge is -2.26. The number of hydrogen-bond acceptors (Lipinski definition) is 2. The minimum Gasteiger partial charge on any atom is -0.380 e. The minimum absolute atomic E-state index is 0.388. The van der Waals surface area contributed by atoms with E-state index in [1.54, 1.807) is 7.11 Å². The molecule has 13 heavy (non-hydrogen) atoms. The number of likely N-dealkylation sites (tertiary alicyclic amines) is 1. The molecule has 0 spiro atoms. The van der Waals surface area contributed by atoms with Gasteiger partial charge in [0.15, 0.2) is 0 Å². The summed E-state index contributed by atoms with van der Waals surface area (Å²) in [6, 6.07) is 0. The lowest BCUT2D eigenvalue weighted by atomic mass is 10.1. The van der Waals surface area contributed by atoms with Crippen LogP contribution in [0.1, 0.15) is 39.0 Å². The quantitative estimate of drug-likeness (QED) is 0.669. The van der Waals surface area contributed by atoms with Crippen LogP contribution in [0.5, 0.6) is 0 Å². The smallest absolute Gasteiger partial charge is 0.0670 e. The largest absolute Gasteiger partial charge is 0.380 e. The molecule has 2 heteroatoms. The van der Waals surface area contributed by atoms with Gasteiger partial charge in [-0.2, -0.15) is 0 Å². The fraction of sp³-hybridized carbons (Fsp3) is 1.00. The lowest BCUT2D eigenvalue weighted by molar-refractivity contribution is 0.0740. The highest BCUT2D eigenvalue weighted by Gasteiger charge is 2.10. The maximum Gasteiger partial charge on any atom is 0.0670 e.